The number of nitrogens with zero attached hydrogens (tertiary/aromatic N) is 2. The third-order valence-corrected chi connectivity index (χ3v) is 1.46. The molecule has 0 unspecified atom stereocenters. The second kappa shape index (κ2) is 29.4. The van der Waals surface area contributed by atoms with Gasteiger partial charge in [0.15, 0.2) is 0 Å². The fraction of sp³-hybridized carbons (Fsp3) is 0.800. The van der Waals surface area contributed by atoms with Gasteiger partial charge in [-0.3, -0.25) is 0 Å². The molecule has 0 N–H and O–H groups in total. The van der Waals surface area contributed by atoms with E-state index in [2.05, 4.69) is 39.1 Å². The van der Waals surface area contributed by atoms with E-state index in [1.54, 1.807) is 0 Å². The summed E-state index contributed by atoms with van der Waals surface area (Å²) in [6, 6.07) is 0. The molecular formula is C10H18N2S2-2. The Morgan fingerprint density at radius 2 is 1.00 bits per heavy atom. The van der Waals surface area contributed by atoms with Crippen LogP contribution in [-0.4, -0.2) is 0 Å². The zero-order valence-electron chi connectivity index (χ0n) is 8.95. The molecule has 14 heavy (non-hydrogen) atoms. The maximum atomic E-state index is 7.13. The Labute approximate surface area is 99.1 Å². The van der Waals surface area contributed by atoms with Crippen LogP contribution in [0.5, 0.6) is 0 Å². The zero-order chi connectivity index (χ0) is 11.7. The summed E-state index contributed by atoms with van der Waals surface area (Å²) in [4.78, 5) is 0. The van der Waals surface area contributed by atoms with Gasteiger partial charge in [0.05, 0.1) is 0 Å². The maximum Gasteiger partial charge on any atom is -0.0533 e. The molecule has 0 aromatic rings. The Balaban J connectivity index is -0.000000168. The molecule has 0 saturated heterocycles. The Bertz CT molecular complexity index is 129. The van der Waals surface area contributed by atoms with Gasteiger partial charge in [-0.1, -0.05) is 63.2 Å². The van der Waals surface area contributed by atoms with Gasteiger partial charge >= 0.3 is 0 Å². The van der Waals surface area contributed by atoms with Crippen molar-refractivity contribution in [3.63, 3.8) is 0 Å². The van der Waals surface area contributed by atoms with Crippen LogP contribution in [0.3, 0.4) is 0 Å². The minimum atomic E-state index is 1.33. The topological polar surface area (TPSA) is 47.6 Å². The van der Waals surface area contributed by atoms with Crippen molar-refractivity contribution in [2.45, 2.75) is 52.4 Å². The molecule has 0 aliphatic carbocycles. The molecule has 2 nitrogen and oxygen atoms in total. The molecule has 0 fully saturated rings. The molecule has 4 heteroatoms. The van der Waals surface area contributed by atoms with Crippen molar-refractivity contribution in [1.82, 2.24) is 0 Å². The zero-order valence-corrected chi connectivity index (χ0v) is 10.6. The van der Waals surface area contributed by atoms with E-state index in [-0.39, 0.29) is 0 Å². The van der Waals surface area contributed by atoms with Crippen molar-refractivity contribution in [2.24, 2.45) is 0 Å². The fourth-order valence-corrected chi connectivity index (χ4v) is 0.854. The lowest BCUT2D eigenvalue weighted by molar-refractivity contribution is 0.624. The van der Waals surface area contributed by atoms with Gasteiger partial charge in [-0.2, -0.15) is 0 Å². The Kier molecular flexibility index (Phi) is 40.1. The van der Waals surface area contributed by atoms with Crippen LogP contribution >= 0.6 is 0 Å². The van der Waals surface area contributed by atoms with Crippen LogP contribution in [0.2, 0.25) is 0 Å². The lowest BCUT2D eigenvalue weighted by atomic mass is 10.1. The van der Waals surface area contributed by atoms with Crippen molar-refractivity contribution in [2.75, 3.05) is 0 Å². The first-order chi connectivity index (χ1) is 6.74. The summed E-state index contributed by atoms with van der Waals surface area (Å²) in [5.74, 6) is 0. The van der Waals surface area contributed by atoms with Gasteiger partial charge < -0.3 is 25.3 Å². The first-order valence-corrected chi connectivity index (χ1v) is 5.59. The molecule has 0 rings (SSSR count). The third-order valence-electron chi connectivity index (χ3n) is 1.46. The molecule has 0 spiro atoms. The average Bonchev–Trinajstić information content (AvgIpc) is 2.15. The second-order valence-electron chi connectivity index (χ2n) is 2.60. The minimum Gasteiger partial charge on any atom is -0.696 e. The van der Waals surface area contributed by atoms with Crippen LogP contribution in [0.4, 0.5) is 0 Å². The summed E-state index contributed by atoms with van der Waals surface area (Å²) < 4.78 is 0. The monoisotopic (exact) mass is 230 g/mol. The summed E-state index contributed by atoms with van der Waals surface area (Å²) in [5.41, 5.74) is 0. The van der Waals surface area contributed by atoms with Crippen molar-refractivity contribution < 1.29 is 0 Å². The highest BCUT2D eigenvalue weighted by atomic mass is 32.1. The summed E-state index contributed by atoms with van der Waals surface area (Å²) in [7, 11) is 0. The van der Waals surface area contributed by atoms with E-state index in [4.69, 9.17) is 10.5 Å². The van der Waals surface area contributed by atoms with E-state index in [0.29, 0.717) is 0 Å². The molecule has 82 valence electrons. The van der Waals surface area contributed by atoms with Crippen LogP contribution in [-0.2, 0) is 25.3 Å². The molecule has 0 radical (unpaired) electrons. The molecule has 0 amide bonds. The molecule has 0 bridgehead atoms. The van der Waals surface area contributed by atoms with Gasteiger partial charge in [0.25, 0.3) is 0 Å². The summed E-state index contributed by atoms with van der Waals surface area (Å²) in [5, 5.41) is 16.9. The Morgan fingerprint density at radius 3 is 1.14 bits per heavy atom. The average molecular weight is 230 g/mol. The molecular weight excluding hydrogens is 212 g/mol. The number of hydrogen-bond acceptors (Lipinski definition) is 4. The van der Waals surface area contributed by atoms with E-state index in [9.17, 15) is 0 Å². The van der Waals surface area contributed by atoms with Crippen LogP contribution in [0.25, 0.3) is 0 Å². The number of hydrogen-bond donors (Lipinski definition) is 0. The van der Waals surface area contributed by atoms with Gasteiger partial charge in [-0.25, -0.2) is 10.5 Å². The highest BCUT2D eigenvalue weighted by Crippen LogP contribution is 2.03. The van der Waals surface area contributed by atoms with Crippen LogP contribution in [0.15, 0.2) is 0 Å². The number of thiocyanates is 2. The van der Waals surface area contributed by atoms with E-state index >= 15 is 0 Å². The lowest BCUT2D eigenvalue weighted by Crippen LogP contribution is -1.73. The van der Waals surface area contributed by atoms with Gasteiger partial charge in [0.1, 0.15) is 0 Å². The van der Waals surface area contributed by atoms with Crippen LogP contribution < -0.4 is 0 Å². The first kappa shape index (κ1) is 19.1. The summed E-state index contributed by atoms with van der Waals surface area (Å²) in [6.07, 6.45) is 8.49. The third kappa shape index (κ3) is 63.5. The highest BCUT2D eigenvalue weighted by molar-refractivity contribution is 7.64. The van der Waals surface area contributed by atoms with Gasteiger partial charge in [0.2, 0.25) is 0 Å². The van der Waals surface area contributed by atoms with Gasteiger partial charge in [-0.05, 0) is 0 Å². The normalized spacial score (nSPS) is 6.57. The van der Waals surface area contributed by atoms with Crippen molar-refractivity contribution in [3.05, 3.63) is 0 Å². The molecule has 0 aliphatic rings. The summed E-state index contributed by atoms with van der Waals surface area (Å²) >= 11 is 7.40. The van der Waals surface area contributed by atoms with Gasteiger partial charge in [-0.15, -0.1) is 0 Å². The quantitative estimate of drug-likeness (QED) is 0.412. The molecule has 0 aromatic heterocycles. The smallest absolute Gasteiger partial charge is 0.0533 e. The standard InChI is InChI=1S/C8H18.2CHNS/c1-3-5-7-8-6-4-2;2*2-1-3/h3-8H2,1-2H3;2*3H/p-2. The predicted octanol–water partition coefficient (Wildman–Crippen LogP) is 3.40. The fourth-order valence-electron chi connectivity index (χ4n) is 0.854. The number of rotatable bonds is 5. The Morgan fingerprint density at radius 1 is 0.786 bits per heavy atom. The SMILES string of the molecule is CCCCCCCC.N#C[S-].N#C[S-]. The van der Waals surface area contributed by atoms with E-state index in [1.807, 2.05) is 0 Å². The van der Waals surface area contributed by atoms with E-state index in [1.165, 1.54) is 49.3 Å². The molecule has 0 aliphatic heterocycles. The molecule has 0 aromatic carbocycles. The van der Waals surface area contributed by atoms with E-state index < -0.39 is 0 Å². The van der Waals surface area contributed by atoms with Crippen LogP contribution in [0, 0.1) is 21.3 Å². The second-order valence-corrected chi connectivity index (χ2v) is 2.96. The maximum absolute atomic E-state index is 7.13. The van der Waals surface area contributed by atoms with Gasteiger partial charge in [0, 0.05) is 0 Å². The van der Waals surface area contributed by atoms with E-state index in [0.717, 1.165) is 0 Å². The van der Waals surface area contributed by atoms with Crippen LogP contribution in [0.1, 0.15) is 52.4 Å². The first-order valence-electron chi connectivity index (χ1n) is 4.77. The highest BCUT2D eigenvalue weighted by Gasteiger charge is 1.83. The number of nitriles is 2. The Hall–Kier alpha value is -0.580. The number of unbranched alkanes of at least 4 members (excludes halogenated alkanes) is 5. The van der Waals surface area contributed by atoms with Crippen molar-refractivity contribution >= 4 is 25.3 Å². The van der Waals surface area contributed by atoms with Crippen molar-refractivity contribution in [1.29, 1.82) is 10.5 Å². The molecule has 0 heterocycles. The summed E-state index contributed by atoms with van der Waals surface area (Å²) in [6.45, 7) is 4.51. The predicted molar refractivity (Wildman–Crippen MR) is 65.0 cm³/mol. The lowest BCUT2D eigenvalue weighted by Gasteiger charge is -1.93. The largest absolute Gasteiger partial charge is 0.696 e. The molecule has 0 saturated carbocycles. The van der Waals surface area contributed by atoms with Crippen molar-refractivity contribution in [3.8, 4) is 10.8 Å². The molecule has 0 atom stereocenters. The minimum absolute atomic E-state index is 1.33.